The molecular weight excluding hydrogens is 296 g/mol. The van der Waals surface area contributed by atoms with Crippen LogP contribution in [0.2, 0.25) is 5.02 Å². The first-order chi connectivity index (χ1) is 10.0. The summed E-state index contributed by atoms with van der Waals surface area (Å²) in [4.78, 5) is 0. The third kappa shape index (κ3) is 3.17. The van der Waals surface area contributed by atoms with E-state index < -0.39 is 17.7 Å². The first-order valence-electron chi connectivity index (χ1n) is 6.71. The van der Waals surface area contributed by atoms with Gasteiger partial charge in [-0.15, -0.1) is 0 Å². The van der Waals surface area contributed by atoms with E-state index in [-0.39, 0.29) is 10.6 Å². The Bertz CT molecular complexity index is 656. The predicted octanol–water partition coefficient (Wildman–Crippen LogP) is 4.21. The van der Waals surface area contributed by atoms with Crippen LogP contribution in [-0.2, 0) is 0 Å². The van der Waals surface area contributed by atoms with Crippen LogP contribution >= 0.6 is 11.6 Å². The molecule has 0 aliphatic heterocycles. The first kappa shape index (κ1) is 14.3. The molecule has 5 heteroatoms. The van der Waals surface area contributed by atoms with E-state index in [9.17, 15) is 8.78 Å². The third-order valence-electron chi connectivity index (χ3n) is 3.44. The molecule has 0 amide bonds. The van der Waals surface area contributed by atoms with E-state index in [4.69, 9.17) is 22.1 Å². The van der Waals surface area contributed by atoms with Gasteiger partial charge >= 0.3 is 0 Å². The Morgan fingerprint density at radius 1 is 1.10 bits per heavy atom. The summed E-state index contributed by atoms with van der Waals surface area (Å²) in [6.45, 7) is 0. The summed E-state index contributed by atoms with van der Waals surface area (Å²) in [7, 11) is 0. The van der Waals surface area contributed by atoms with E-state index in [0.29, 0.717) is 11.7 Å². The van der Waals surface area contributed by atoms with Crippen molar-refractivity contribution < 1.29 is 13.5 Å². The molecule has 110 valence electrons. The quantitative estimate of drug-likeness (QED) is 0.859. The molecule has 0 bridgehead atoms. The van der Waals surface area contributed by atoms with Gasteiger partial charge in [0.25, 0.3) is 0 Å². The van der Waals surface area contributed by atoms with Gasteiger partial charge in [0.2, 0.25) is 0 Å². The molecule has 0 aromatic heterocycles. The van der Waals surface area contributed by atoms with Gasteiger partial charge in [0, 0.05) is 5.56 Å². The molecule has 1 atom stereocenters. The highest BCUT2D eigenvalue weighted by Crippen LogP contribution is 2.30. The van der Waals surface area contributed by atoms with Crippen molar-refractivity contribution in [1.29, 1.82) is 0 Å². The Labute approximate surface area is 126 Å². The molecule has 1 aliphatic carbocycles. The maximum atomic E-state index is 13.9. The van der Waals surface area contributed by atoms with Crippen LogP contribution in [0.3, 0.4) is 0 Å². The fraction of sp³-hybridized carbons (Fsp3) is 0.250. The molecule has 1 aliphatic rings. The molecule has 2 nitrogen and oxygen atoms in total. The monoisotopic (exact) mass is 309 g/mol. The minimum Gasteiger partial charge on any atom is -0.490 e. The smallest absolute Gasteiger partial charge is 0.142 e. The lowest BCUT2D eigenvalue weighted by Gasteiger charge is -2.15. The van der Waals surface area contributed by atoms with Gasteiger partial charge in [-0.1, -0.05) is 23.7 Å². The largest absolute Gasteiger partial charge is 0.490 e. The topological polar surface area (TPSA) is 35.2 Å². The maximum absolute atomic E-state index is 13.9. The van der Waals surface area contributed by atoms with Crippen LogP contribution in [0.5, 0.6) is 5.75 Å². The highest BCUT2D eigenvalue weighted by molar-refractivity contribution is 6.30. The first-order valence-corrected chi connectivity index (χ1v) is 7.09. The molecule has 0 heterocycles. The molecule has 3 rings (SSSR count). The summed E-state index contributed by atoms with van der Waals surface area (Å²) in [6, 6.07) is 8.32. The van der Waals surface area contributed by atoms with Crippen molar-refractivity contribution in [1.82, 2.24) is 0 Å². The van der Waals surface area contributed by atoms with Crippen LogP contribution in [0.4, 0.5) is 8.78 Å². The van der Waals surface area contributed by atoms with Gasteiger partial charge in [-0.2, -0.15) is 0 Å². The number of rotatable bonds is 4. The van der Waals surface area contributed by atoms with Crippen molar-refractivity contribution in [3.8, 4) is 5.75 Å². The fourth-order valence-electron chi connectivity index (χ4n) is 2.09. The Hall–Kier alpha value is -1.65. The molecule has 0 spiro atoms. The zero-order valence-corrected chi connectivity index (χ0v) is 11.9. The summed E-state index contributed by atoms with van der Waals surface area (Å²) in [6.07, 6.45) is 2.47. The zero-order chi connectivity index (χ0) is 15.0. The molecule has 2 aromatic rings. The Morgan fingerprint density at radius 3 is 2.38 bits per heavy atom. The second-order valence-corrected chi connectivity index (χ2v) is 5.56. The number of benzene rings is 2. The molecule has 1 fully saturated rings. The minimum atomic E-state index is -0.758. The summed E-state index contributed by atoms with van der Waals surface area (Å²) >= 11 is 5.54. The molecular formula is C16H14ClF2NO. The highest BCUT2D eigenvalue weighted by atomic mass is 35.5. The zero-order valence-electron chi connectivity index (χ0n) is 11.2. The number of halogens is 3. The van der Waals surface area contributed by atoms with Crippen LogP contribution in [0.25, 0.3) is 0 Å². The van der Waals surface area contributed by atoms with Crippen LogP contribution < -0.4 is 10.5 Å². The van der Waals surface area contributed by atoms with Gasteiger partial charge in [0.15, 0.2) is 0 Å². The van der Waals surface area contributed by atoms with Crippen LogP contribution in [0.15, 0.2) is 36.4 Å². The average molecular weight is 310 g/mol. The Kier molecular flexibility index (Phi) is 3.83. The second kappa shape index (κ2) is 5.62. The Balaban J connectivity index is 1.83. The number of hydrogen-bond donors (Lipinski definition) is 1. The van der Waals surface area contributed by atoms with Crippen molar-refractivity contribution in [3.63, 3.8) is 0 Å². The SMILES string of the molecule is NC(c1ccc(OC2CC2)cc1)c1cc(F)c(Cl)cc1F. The van der Waals surface area contributed by atoms with Crippen molar-refractivity contribution in [2.24, 2.45) is 5.73 Å². The van der Waals surface area contributed by atoms with Crippen LogP contribution in [0, 0.1) is 11.6 Å². The lowest BCUT2D eigenvalue weighted by atomic mass is 9.99. The van der Waals surface area contributed by atoms with E-state index in [1.807, 2.05) is 0 Å². The van der Waals surface area contributed by atoms with Gasteiger partial charge in [0.1, 0.15) is 17.4 Å². The van der Waals surface area contributed by atoms with E-state index in [1.165, 1.54) is 0 Å². The number of nitrogens with two attached hydrogens (primary N) is 1. The molecule has 0 saturated heterocycles. The van der Waals surface area contributed by atoms with E-state index in [0.717, 1.165) is 30.7 Å². The normalized spacial score (nSPS) is 15.8. The highest BCUT2D eigenvalue weighted by Gasteiger charge is 2.23. The summed E-state index contributed by atoms with van der Waals surface area (Å²) in [5.74, 6) is -0.541. The van der Waals surface area contributed by atoms with E-state index in [1.54, 1.807) is 24.3 Å². The molecule has 2 aromatic carbocycles. The van der Waals surface area contributed by atoms with Gasteiger partial charge in [-0.3, -0.25) is 0 Å². The van der Waals surface area contributed by atoms with Gasteiger partial charge < -0.3 is 10.5 Å². The number of hydrogen-bond acceptors (Lipinski definition) is 2. The fourth-order valence-corrected chi connectivity index (χ4v) is 2.24. The lowest BCUT2D eigenvalue weighted by molar-refractivity contribution is 0.303. The van der Waals surface area contributed by atoms with Crippen molar-refractivity contribution in [2.75, 3.05) is 0 Å². The summed E-state index contributed by atoms with van der Waals surface area (Å²) < 4.78 is 33.0. The molecule has 1 saturated carbocycles. The third-order valence-corrected chi connectivity index (χ3v) is 3.73. The molecule has 2 N–H and O–H groups in total. The minimum absolute atomic E-state index is 0.0766. The van der Waals surface area contributed by atoms with E-state index in [2.05, 4.69) is 0 Å². The standard InChI is InChI=1S/C16H14ClF2NO/c17-13-8-14(18)12(7-15(13)19)16(20)9-1-3-10(4-2-9)21-11-5-6-11/h1-4,7-8,11,16H,5-6,20H2. The molecule has 1 unspecified atom stereocenters. The predicted molar refractivity (Wildman–Crippen MR) is 77.5 cm³/mol. The van der Waals surface area contributed by atoms with Gasteiger partial charge in [0.05, 0.1) is 17.2 Å². The average Bonchev–Trinajstić information content (AvgIpc) is 3.27. The van der Waals surface area contributed by atoms with Crippen molar-refractivity contribution in [3.05, 3.63) is 64.2 Å². The van der Waals surface area contributed by atoms with Gasteiger partial charge in [-0.25, -0.2) is 8.78 Å². The summed E-state index contributed by atoms with van der Waals surface area (Å²) in [5, 5.41) is -0.253. The molecule has 0 radical (unpaired) electrons. The van der Waals surface area contributed by atoms with Crippen LogP contribution in [0.1, 0.15) is 30.0 Å². The van der Waals surface area contributed by atoms with Gasteiger partial charge in [-0.05, 0) is 42.7 Å². The van der Waals surface area contributed by atoms with Crippen molar-refractivity contribution >= 4 is 11.6 Å². The summed E-state index contributed by atoms with van der Waals surface area (Å²) in [5.41, 5.74) is 6.77. The molecule has 21 heavy (non-hydrogen) atoms. The number of ether oxygens (including phenoxy) is 1. The van der Waals surface area contributed by atoms with Crippen molar-refractivity contribution in [2.45, 2.75) is 25.0 Å². The second-order valence-electron chi connectivity index (χ2n) is 5.15. The van der Waals surface area contributed by atoms with E-state index >= 15 is 0 Å². The lowest BCUT2D eigenvalue weighted by Crippen LogP contribution is -2.14. The van der Waals surface area contributed by atoms with Crippen LogP contribution in [-0.4, -0.2) is 6.10 Å². The Morgan fingerprint density at radius 2 is 1.76 bits per heavy atom. The maximum Gasteiger partial charge on any atom is 0.142 e.